The summed E-state index contributed by atoms with van der Waals surface area (Å²) in [7, 11) is 0. The summed E-state index contributed by atoms with van der Waals surface area (Å²) in [5, 5.41) is 0. The van der Waals surface area contributed by atoms with E-state index in [1.165, 1.54) is 51.4 Å². The molecule has 0 bridgehead atoms. The number of hydrogen-bond donors (Lipinski definition) is 0. The normalized spacial score (nSPS) is 29.2. The summed E-state index contributed by atoms with van der Waals surface area (Å²) < 4.78 is 0. The Morgan fingerprint density at radius 2 is 1.65 bits per heavy atom. The lowest BCUT2D eigenvalue weighted by atomic mass is 9.77. The van der Waals surface area contributed by atoms with Crippen molar-refractivity contribution >= 4 is 5.78 Å². The largest absolute Gasteiger partial charge is 0.361 e. The zero-order valence-electron chi connectivity index (χ0n) is 10.7. The van der Waals surface area contributed by atoms with Crippen LogP contribution in [0.4, 0.5) is 0 Å². The molecule has 0 unspecified atom stereocenters. The summed E-state index contributed by atoms with van der Waals surface area (Å²) in [6, 6.07) is 0.643. The van der Waals surface area contributed by atoms with Crippen molar-refractivity contribution in [3.05, 3.63) is 12.3 Å². The number of rotatable bonds is 1. The van der Waals surface area contributed by atoms with Crippen LogP contribution in [0.2, 0.25) is 0 Å². The van der Waals surface area contributed by atoms with Gasteiger partial charge in [-0.2, -0.15) is 0 Å². The molecule has 0 radical (unpaired) electrons. The maximum Gasteiger partial charge on any atom is 0.182 e. The van der Waals surface area contributed by atoms with Crippen molar-refractivity contribution in [3.63, 3.8) is 0 Å². The zero-order chi connectivity index (χ0) is 11.7. The van der Waals surface area contributed by atoms with Gasteiger partial charge in [-0.05, 0) is 31.8 Å². The van der Waals surface area contributed by atoms with Gasteiger partial charge in [0.15, 0.2) is 5.78 Å². The lowest BCUT2D eigenvalue weighted by Crippen LogP contribution is -2.53. The van der Waals surface area contributed by atoms with Crippen molar-refractivity contribution in [1.29, 1.82) is 0 Å². The minimum Gasteiger partial charge on any atom is -0.361 e. The fourth-order valence-electron chi connectivity index (χ4n) is 4.04. The highest BCUT2D eigenvalue weighted by Crippen LogP contribution is 2.41. The molecule has 0 aromatic rings. The molecule has 2 fully saturated rings. The van der Waals surface area contributed by atoms with E-state index in [2.05, 4.69) is 11.1 Å². The Bertz CT molecular complexity index is 322. The van der Waals surface area contributed by atoms with Gasteiger partial charge in [0.05, 0.1) is 0 Å². The molecule has 94 valence electrons. The van der Waals surface area contributed by atoms with Gasteiger partial charge in [0.1, 0.15) is 5.54 Å². The van der Waals surface area contributed by atoms with Crippen LogP contribution in [0.15, 0.2) is 12.3 Å². The molecule has 2 heteroatoms. The second-order valence-electron chi connectivity index (χ2n) is 5.97. The summed E-state index contributed by atoms with van der Waals surface area (Å²) in [4.78, 5) is 14.7. The number of nitrogens with zero attached hydrogens (tertiary/aromatic N) is 1. The zero-order valence-corrected chi connectivity index (χ0v) is 10.7. The maximum absolute atomic E-state index is 12.3. The van der Waals surface area contributed by atoms with E-state index in [9.17, 15) is 4.79 Å². The van der Waals surface area contributed by atoms with Gasteiger partial charge in [-0.3, -0.25) is 4.79 Å². The molecule has 1 spiro atoms. The SMILES string of the molecule is O=C1C=CN(C2CCCCC2)C12CCCCC2. The van der Waals surface area contributed by atoms with Crippen LogP contribution in [-0.2, 0) is 4.79 Å². The number of ketones is 1. The smallest absolute Gasteiger partial charge is 0.182 e. The van der Waals surface area contributed by atoms with Crippen LogP contribution >= 0.6 is 0 Å². The quantitative estimate of drug-likeness (QED) is 0.691. The highest BCUT2D eigenvalue weighted by molar-refractivity contribution is 6.00. The van der Waals surface area contributed by atoms with Crippen molar-refractivity contribution in [2.24, 2.45) is 0 Å². The molecule has 2 aliphatic carbocycles. The monoisotopic (exact) mass is 233 g/mol. The third-order valence-electron chi connectivity index (χ3n) is 4.99. The number of hydrogen-bond acceptors (Lipinski definition) is 2. The Labute approximate surface area is 104 Å². The van der Waals surface area contributed by atoms with E-state index < -0.39 is 0 Å². The molecular weight excluding hydrogens is 210 g/mol. The molecule has 1 heterocycles. The summed E-state index contributed by atoms with van der Waals surface area (Å²) in [5.74, 6) is 0.391. The molecule has 0 saturated heterocycles. The highest BCUT2D eigenvalue weighted by atomic mass is 16.1. The van der Waals surface area contributed by atoms with Crippen molar-refractivity contribution in [1.82, 2.24) is 4.90 Å². The van der Waals surface area contributed by atoms with Gasteiger partial charge in [-0.15, -0.1) is 0 Å². The van der Waals surface area contributed by atoms with E-state index in [1.807, 2.05) is 6.08 Å². The minimum absolute atomic E-state index is 0.111. The Kier molecular flexibility index (Phi) is 2.97. The molecule has 2 saturated carbocycles. The fourth-order valence-corrected chi connectivity index (χ4v) is 4.04. The van der Waals surface area contributed by atoms with Crippen LogP contribution in [0.1, 0.15) is 64.2 Å². The Hall–Kier alpha value is -0.790. The topological polar surface area (TPSA) is 20.3 Å². The molecule has 3 rings (SSSR count). The van der Waals surface area contributed by atoms with Crippen LogP contribution in [0, 0.1) is 0 Å². The first kappa shape index (κ1) is 11.3. The lowest BCUT2D eigenvalue weighted by molar-refractivity contribution is -0.126. The molecule has 17 heavy (non-hydrogen) atoms. The number of carbonyl (C=O) groups is 1. The van der Waals surface area contributed by atoms with Gasteiger partial charge in [0, 0.05) is 12.2 Å². The molecule has 0 N–H and O–H groups in total. The standard InChI is InChI=1S/C15H23NO/c17-14-9-12-16(13-7-3-1-4-8-13)15(14)10-5-2-6-11-15/h9,12-13H,1-8,10-11H2. The average Bonchev–Trinajstić information content (AvgIpc) is 2.69. The van der Waals surface area contributed by atoms with E-state index >= 15 is 0 Å². The Balaban J connectivity index is 1.81. The lowest BCUT2D eigenvalue weighted by Gasteiger charge is -2.46. The third-order valence-corrected chi connectivity index (χ3v) is 4.99. The van der Waals surface area contributed by atoms with E-state index in [0.717, 1.165) is 12.8 Å². The number of carbonyl (C=O) groups excluding carboxylic acids is 1. The predicted molar refractivity (Wildman–Crippen MR) is 68.7 cm³/mol. The van der Waals surface area contributed by atoms with Crippen LogP contribution in [-0.4, -0.2) is 22.3 Å². The predicted octanol–water partition coefficient (Wildman–Crippen LogP) is 3.42. The first-order valence-electron chi connectivity index (χ1n) is 7.34. The van der Waals surface area contributed by atoms with Gasteiger partial charge in [-0.1, -0.05) is 38.5 Å². The van der Waals surface area contributed by atoms with Gasteiger partial charge >= 0.3 is 0 Å². The summed E-state index contributed by atoms with van der Waals surface area (Å²) in [5.41, 5.74) is -0.111. The highest BCUT2D eigenvalue weighted by Gasteiger charge is 2.47. The van der Waals surface area contributed by atoms with Crippen molar-refractivity contribution in [2.45, 2.75) is 75.8 Å². The molecule has 0 atom stereocenters. The van der Waals surface area contributed by atoms with Crippen LogP contribution in [0.5, 0.6) is 0 Å². The maximum atomic E-state index is 12.3. The van der Waals surface area contributed by atoms with E-state index in [0.29, 0.717) is 11.8 Å². The first-order valence-corrected chi connectivity index (χ1v) is 7.34. The molecule has 0 aromatic carbocycles. The van der Waals surface area contributed by atoms with Crippen molar-refractivity contribution in [3.8, 4) is 0 Å². The molecule has 0 amide bonds. The average molecular weight is 233 g/mol. The van der Waals surface area contributed by atoms with E-state index in [4.69, 9.17) is 0 Å². The molecule has 2 nitrogen and oxygen atoms in total. The first-order chi connectivity index (χ1) is 8.33. The summed E-state index contributed by atoms with van der Waals surface area (Å²) in [6.07, 6.45) is 16.6. The van der Waals surface area contributed by atoms with Gasteiger partial charge < -0.3 is 4.90 Å². The van der Waals surface area contributed by atoms with Crippen molar-refractivity contribution in [2.75, 3.05) is 0 Å². The minimum atomic E-state index is -0.111. The molecular formula is C15H23NO. The molecule has 0 aromatic heterocycles. The van der Waals surface area contributed by atoms with E-state index in [1.54, 1.807) is 0 Å². The third kappa shape index (κ3) is 1.82. The fraction of sp³-hybridized carbons (Fsp3) is 0.800. The van der Waals surface area contributed by atoms with Crippen LogP contribution in [0.3, 0.4) is 0 Å². The summed E-state index contributed by atoms with van der Waals surface area (Å²) >= 11 is 0. The Morgan fingerprint density at radius 1 is 1.00 bits per heavy atom. The van der Waals surface area contributed by atoms with Crippen LogP contribution < -0.4 is 0 Å². The molecule has 3 aliphatic rings. The molecule has 1 aliphatic heterocycles. The second-order valence-corrected chi connectivity index (χ2v) is 5.97. The van der Waals surface area contributed by atoms with Crippen LogP contribution in [0.25, 0.3) is 0 Å². The summed E-state index contributed by atoms with van der Waals surface area (Å²) in [6.45, 7) is 0. The Morgan fingerprint density at radius 3 is 2.35 bits per heavy atom. The van der Waals surface area contributed by atoms with Gasteiger partial charge in [0.25, 0.3) is 0 Å². The van der Waals surface area contributed by atoms with Gasteiger partial charge in [-0.25, -0.2) is 0 Å². The second kappa shape index (κ2) is 4.47. The van der Waals surface area contributed by atoms with Crippen molar-refractivity contribution < 1.29 is 4.79 Å². The van der Waals surface area contributed by atoms with E-state index in [-0.39, 0.29) is 5.54 Å². The van der Waals surface area contributed by atoms with Gasteiger partial charge in [0.2, 0.25) is 0 Å².